The predicted molar refractivity (Wildman–Crippen MR) is 120 cm³/mol. The van der Waals surface area contributed by atoms with Crippen LogP contribution in [-0.4, -0.2) is 16.7 Å². The number of aromatic nitrogens is 1. The van der Waals surface area contributed by atoms with Crippen LogP contribution < -0.4 is 16.0 Å². The number of benzene rings is 1. The third kappa shape index (κ3) is 2.56. The summed E-state index contributed by atoms with van der Waals surface area (Å²) < 4.78 is 0. The first-order valence-electron chi connectivity index (χ1n) is 10.2. The molecule has 0 fully saturated rings. The van der Waals surface area contributed by atoms with Crippen molar-refractivity contribution in [2.24, 2.45) is 11.1 Å². The lowest BCUT2D eigenvalue weighted by molar-refractivity contribution is -0.123. The van der Waals surface area contributed by atoms with Crippen molar-refractivity contribution in [1.82, 2.24) is 4.98 Å². The van der Waals surface area contributed by atoms with E-state index in [9.17, 15) is 14.9 Å². The largest absolute Gasteiger partial charge is 0.384 e. The number of anilines is 2. The number of halogens is 1. The third-order valence-electron chi connectivity index (χ3n) is 6.34. The van der Waals surface area contributed by atoms with Gasteiger partial charge in [-0.3, -0.25) is 14.5 Å². The molecule has 3 heterocycles. The van der Waals surface area contributed by atoms with Crippen LogP contribution >= 0.6 is 11.6 Å². The van der Waals surface area contributed by atoms with Crippen LogP contribution in [0.5, 0.6) is 0 Å². The molecule has 8 heteroatoms. The summed E-state index contributed by atoms with van der Waals surface area (Å²) in [7, 11) is 0. The van der Waals surface area contributed by atoms with E-state index in [2.05, 4.69) is 16.4 Å². The average Bonchev–Trinajstić information content (AvgIpc) is 3.01. The van der Waals surface area contributed by atoms with Crippen molar-refractivity contribution < 1.29 is 9.59 Å². The summed E-state index contributed by atoms with van der Waals surface area (Å²) in [6.07, 6.45) is 2.21. The summed E-state index contributed by atoms with van der Waals surface area (Å²) in [4.78, 5) is 33.3. The van der Waals surface area contributed by atoms with E-state index >= 15 is 0 Å². The first-order chi connectivity index (χ1) is 15.2. The monoisotopic (exact) mass is 445 g/mol. The maximum atomic E-state index is 13.7. The normalized spacial score (nSPS) is 23.8. The number of carbonyl (C=O) groups excluding carboxylic acids is 2. The van der Waals surface area contributed by atoms with Gasteiger partial charge in [-0.2, -0.15) is 5.26 Å². The van der Waals surface area contributed by atoms with Crippen LogP contribution in [0.4, 0.5) is 11.5 Å². The predicted octanol–water partition coefficient (Wildman–Crippen LogP) is 3.78. The molecule has 0 radical (unpaired) electrons. The van der Waals surface area contributed by atoms with Crippen molar-refractivity contribution in [2.45, 2.75) is 32.1 Å². The molecule has 0 bridgehead atoms. The van der Waals surface area contributed by atoms with Gasteiger partial charge in [0, 0.05) is 35.1 Å². The molecule has 1 spiro atoms. The lowest BCUT2D eigenvalue weighted by atomic mass is 9.61. The number of pyridine rings is 1. The maximum Gasteiger partial charge on any atom is 0.245 e. The summed E-state index contributed by atoms with van der Waals surface area (Å²) in [5.74, 6) is -0.109. The Balaban J connectivity index is 1.89. The highest BCUT2D eigenvalue weighted by atomic mass is 35.5. The molecular formula is C24H20ClN5O2. The number of hydrogen-bond acceptors (Lipinski definition) is 6. The fourth-order valence-electron chi connectivity index (χ4n) is 5.14. The highest BCUT2D eigenvalue weighted by molar-refractivity contribution is 6.30. The zero-order chi connectivity index (χ0) is 22.8. The Labute approximate surface area is 190 Å². The number of para-hydroxylation sites is 1. The van der Waals surface area contributed by atoms with Crippen molar-refractivity contribution in [3.63, 3.8) is 0 Å². The quantitative estimate of drug-likeness (QED) is 0.690. The SMILES string of the molecule is CC1(C)CC(=O)C2=C(C1)N(c1ccc(Cl)cn1)C(N)=C(C#N)C21C(=O)Nc2ccccc21. The van der Waals surface area contributed by atoms with Gasteiger partial charge in [0.2, 0.25) is 5.91 Å². The minimum absolute atomic E-state index is 0.0171. The molecule has 0 saturated carbocycles. The summed E-state index contributed by atoms with van der Waals surface area (Å²) >= 11 is 6.03. The smallest absolute Gasteiger partial charge is 0.245 e. The number of nitrogens with two attached hydrogens (primary N) is 1. The van der Waals surface area contributed by atoms with E-state index in [0.29, 0.717) is 39.8 Å². The molecule has 1 aliphatic carbocycles. The number of hydrogen-bond donors (Lipinski definition) is 2. The van der Waals surface area contributed by atoms with E-state index in [-0.39, 0.29) is 29.0 Å². The summed E-state index contributed by atoms with van der Waals surface area (Å²) in [5, 5.41) is 13.6. The van der Waals surface area contributed by atoms with Crippen LogP contribution in [0, 0.1) is 16.7 Å². The molecular weight excluding hydrogens is 426 g/mol. The average molecular weight is 446 g/mol. The maximum absolute atomic E-state index is 13.7. The van der Waals surface area contributed by atoms with E-state index in [1.165, 1.54) is 6.20 Å². The molecule has 3 aliphatic rings. The Morgan fingerprint density at radius 1 is 1.19 bits per heavy atom. The third-order valence-corrected chi connectivity index (χ3v) is 6.57. The number of rotatable bonds is 1. The van der Waals surface area contributed by atoms with Crippen molar-refractivity contribution in [3.8, 4) is 6.07 Å². The fourth-order valence-corrected chi connectivity index (χ4v) is 5.25. The van der Waals surface area contributed by atoms with Crippen molar-refractivity contribution in [2.75, 3.05) is 10.2 Å². The van der Waals surface area contributed by atoms with Gasteiger partial charge in [0.05, 0.1) is 10.6 Å². The highest BCUT2D eigenvalue weighted by Crippen LogP contribution is 2.56. The molecule has 160 valence electrons. The van der Waals surface area contributed by atoms with Crippen LogP contribution in [0.3, 0.4) is 0 Å². The minimum atomic E-state index is -1.58. The van der Waals surface area contributed by atoms with Crippen molar-refractivity contribution in [1.29, 1.82) is 5.26 Å². The molecule has 32 heavy (non-hydrogen) atoms. The van der Waals surface area contributed by atoms with Crippen molar-refractivity contribution in [3.05, 3.63) is 75.8 Å². The summed E-state index contributed by atoms with van der Waals surface area (Å²) in [5.41, 5.74) is 6.69. The van der Waals surface area contributed by atoms with Gasteiger partial charge in [0.1, 0.15) is 23.1 Å². The standard InChI is InChI=1S/C24H20ClN5O2/c1-23(2)9-17-20(18(31)10-23)24(14-5-3-4-6-16(14)29-22(24)32)15(11-26)21(27)30(17)19-8-7-13(25)12-28-19/h3-8,12H,9-10,27H2,1-2H3,(H,29,32). The molecule has 0 saturated heterocycles. The number of Topliss-reactive ketones (excluding diaryl/α,β-unsaturated/α-hetero) is 1. The number of amides is 1. The Kier molecular flexibility index (Phi) is 4.24. The Hall–Kier alpha value is -3.63. The van der Waals surface area contributed by atoms with Gasteiger partial charge >= 0.3 is 0 Å². The number of ketones is 1. The lowest BCUT2D eigenvalue weighted by Gasteiger charge is -2.46. The first kappa shape index (κ1) is 20.3. The number of fused-ring (bicyclic) bond motifs is 3. The van der Waals surface area contributed by atoms with Gasteiger partial charge in [-0.05, 0) is 30.0 Å². The second-order valence-electron chi connectivity index (χ2n) is 9.05. The molecule has 3 N–H and O–H groups in total. The molecule has 1 unspecified atom stereocenters. The molecule has 7 nitrogen and oxygen atoms in total. The zero-order valence-corrected chi connectivity index (χ0v) is 18.3. The van der Waals surface area contributed by atoms with E-state index in [1.54, 1.807) is 41.3 Å². The van der Waals surface area contributed by atoms with Gasteiger partial charge in [-0.1, -0.05) is 43.6 Å². The molecule has 1 atom stereocenters. The van der Waals surface area contributed by atoms with E-state index in [1.807, 2.05) is 13.8 Å². The fraction of sp³-hybridized carbons (Fsp3) is 0.250. The number of carbonyl (C=O) groups is 2. The zero-order valence-electron chi connectivity index (χ0n) is 17.6. The molecule has 5 rings (SSSR count). The second kappa shape index (κ2) is 6.68. The Bertz CT molecular complexity index is 1300. The van der Waals surface area contributed by atoms with Crippen LogP contribution in [0.2, 0.25) is 5.02 Å². The Morgan fingerprint density at radius 2 is 1.94 bits per heavy atom. The first-order valence-corrected chi connectivity index (χ1v) is 10.6. The Morgan fingerprint density at radius 3 is 2.62 bits per heavy atom. The van der Waals surface area contributed by atoms with Gasteiger partial charge in [0.15, 0.2) is 5.78 Å². The number of allylic oxidation sites excluding steroid dienone is 1. The van der Waals surface area contributed by atoms with Gasteiger partial charge in [0.25, 0.3) is 0 Å². The number of nitriles is 1. The molecule has 2 aliphatic heterocycles. The second-order valence-corrected chi connectivity index (χ2v) is 9.49. The lowest BCUT2D eigenvalue weighted by Crippen LogP contribution is -2.52. The number of nitrogens with one attached hydrogen (secondary N) is 1. The van der Waals surface area contributed by atoms with Crippen LogP contribution in [0.15, 0.2) is 65.3 Å². The van der Waals surface area contributed by atoms with Crippen molar-refractivity contribution >= 4 is 34.8 Å². The highest BCUT2D eigenvalue weighted by Gasteiger charge is 2.61. The summed E-state index contributed by atoms with van der Waals surface area (Å²) in [6.45, 7) is 3.99. The van der Waals surface area contributed by atoms with Gasteiger partial charge < -0.3 is 11.1 Å². The van der Waals surface area contributed by atoms with Gasteiger partial charge in [-0.25, -0.2) is 4.98 Å². The summed E-state index contributed by atoms with van der Waals surface area (Å²) in [6, 6.07) is 12.6. The van der Waals surface area contributed by atoms with E-state index in [0.717, 1.165) is 0 Å². The van der Waals surface area contributed by atoms with E-state index < -0.39 is 11.3 Å². The number of nitrogens with zero attached hydrogens (tertiary/aromatic N) is 3. The van der Waals surface area contributed by atoms with Crippen LogP contribution in [0.1, 0.15) is 32.3 Å². The topological polar surface area (TPSA) is 112 Å². The van der Waals surface area contributed by atoms with E-state index in [4.69, 9.17) is 17.3 Å². The van der Waals surface area contributed by atoms with Crippen LogP contribution in [0.25, 0.3) is 0 Å². The van der Waals surface area contributed by atoms with Gasteiger partial charge in [-0.15, -0.1) is 0 Å². The van der Waals surface area contributed by atoms with Crippen LogP contribution in [-0.2, 0) is 15.0 Å². The molecule has 1 aromatic heterocycles. The minimum Gasteiger partial charge on any atom is -0.384 e. The molecule has 2 aromatic rings. The molecule has 1 aromatic carbocycles. The molecule has 1 amide bonds.